The first-order valence-corrected chi connectivity index (χ1v) is 6.47. The summed E-state index contributed by atoms with van der Waals surface area (Å²) in [6, 6.07) is 10.2. The molecule has 0 aliphatic carbocycles. The molecule has 0 amide bonds. The lowest BCUT2D eigenvalue weighted by molar-refractivity contribution is 0.284. The Balaban J connectivity index is 2.35. The maximum atomic E-state index is 9.21. The molecule has 4 heteroatoms. The number of rotatable bonds is 4. The van der Waals surface area contributed by atoms with E-state index in [0.717, 1.165) is 27.9 Å². The Hall–Kier alpha value is -1.39. The Morgan fingerprint density at radius 2 is 2.00 bits per heavy atom. The number of aromatic nitrogens is 1. The highest BCUT2D eigenvalue weighted by Crippen LogP contribution is 2.31. The fourth-order valence-electron chi connectivity index (χ4n) is 1.71. The molecule has 3 nitrogen and oxygen atoms in total. The van der Waals surface area contributed by atoms with Crippen LogP contribution in [0.4, 0.5) is 10.8 Å². The summed E-state index contributed by atoms with van der Waals surface area (Å²) in [5, 5.41) is 10.2. The molecule has 90 valence electrons. The lowest BCUT2D eigenvalue weighted by Gasteiger charge is -2.19. The Labute approximate surface area is 105 Å². The number of hydrogen-bond acceptors (Lipinski definition) is 4. The van der Waals surface area contributed by atoms with Gasteiger partial charge in [0, 0.05) is 12.2 Å². The standard InChI is InChI=1S/C13H16N2OS/c1-3-15(11-7-5-4-6-8-11)13-14-10(2)12(9-16)17-13/h4-8,16H,3,9H2,1-2H3. The van der Waals surface area contributed by atoms with Gasteiger partial charge in [0.1, 0.15) is 0 Å². The second kappa shape index (κ2) is 5.29. The normalized spacial score (nSPS) is 10.5. The zero-order valence-electron chi connectivity index (χ0n) is 10.1. The van der Waals surface area contributed by atoms with Gasteiger partial charge in [-0.25, -0.2) is 4.98 Å². The molecule has 0 unspecified atom stereocenters. The van der Waals surface area contributed by atoms with Crippen molar-refractivity contribution in [1.82, 2.24) is 4.98 Å². The number of para-hydroxylation sites is 1. The van der Waals surface area contributed by atoms with Gasteiger partial charge in [0.05, 0.1) is 17.2 Å². The van der Waals surface area contributed by atoms with Gasteiger partial charge in [-0.05, 0) is 26.0 Å². The molecule has 0 spiro atoms. The molecule has 0 fully saturated rings. The topological polar surface area (TPSA) is 36.4 Å². The van der Waals surface area contributed by atoms with E-state index in [-0.39, 0.29) is 6.61 Å². The fourth-order valence-corrected chi connectivity index (χ4v) is 2.72. The molecule has 0 aliphatic rings. The van der Waals surface area contributed by atoms with Crippen LogP contribution >= 0.6 is 11.3 Å². The summed E-state index contributed by atoms with van der Waals surface area (Å²) in [6.07, 6.45) is 0. The van der Waals surface area contributed by atoms with Gasteiger partial charge in [0.15, 0.2) is 5.13 Å². The number of benzene rings is 1. The predicted molar refractivity (Wildman–Crippen MR) is 71.9 cm³/mol. The molecule has 0 radical (unpaired) electrons. The average molecular weight is 248 g/mol. The molecule has 1 heterocycles. The van der Waals surface area contributed by atoms with Crippen molar-refractivity contribution in [2.45, 2.75) is 20.5 Å². The summed E-state index contributed by atoms with van der Waals surface area (Å²) in [5.41, 5.74) is 2.05. The summed E-state index contributed by atoms with van der Waals surface area (Å²) in [4.78, 5) is 7.60. The van der Waals surface area contributed by atoms with Crippen molar-refractivity contribution in [3.63, 3.8) is 0 Å². The maximum Gasteiger partial charge on any atom is 0.190 e. The first-order valence-electron chi connectivity index (χ1n) is 5.66. The third kappa shape index (κ3) is 2.48. The van der Waals surface area contributed by atoms with Crippen LogP contribution in [0, 0.1) is 6.92 Å². The van der Waals surface area contributed by atoms with E-state index in [2.05, 4.69) is 28.9 Å². The van der Waals surface area contributed by atoms with Crippen molar-refractivity contribution in [1.29, 1.82) is 0 Å². The van der Waals surface area contributed by atoms with Crippen molar-refractivity contribution in [2.24, 2.45) is 0 Å². The Morgan fingerprint density at radius 3 is 2.53 bits per heavy atom. The zero-order valence-corrected chi connectivity index (χ0v) is 10.9. The van der Waals surface area contributed by atoms with Crippen LogP contribution in [0.25, 0.3) is 0 Å². The fraction of sp³-hybridized carbons (Fsp3) is 0.308. The largest absolute Gasteiger partial charge is 0.391 e. The summed E-state index contributed by atoms with van der Waals surface area (Å²) in [5.74, 6) is 0. The summed E-state index contributed by atoms with van der Waals surface area (Å²) >= 11 is 1.55. The number of aliphatic hydroxyl groups excluding tert-OH is 1. The summed E-state index contributed by atoms with van der Waals surface area (Å²) < 4.78 is 0. The molecule has 0 saturated heterocycles. The molecule has 1 aromatic heterocycles. The SMILES string of the molecule is CCN(c1ccccc1)c1nc(C)c(CO)s1. The molecule has 0 bridgehead atoms. The van der Waals surface area contributed by atoms with E-state index in [1.807, 2.05) is 25.1 Å². The van der Waals surface area contributed by atoms with Crippen molar-refractivity contribution >= 4 is 22.2 Å². The number of thiazole rings is 1. The highest BCUT2D eigenvalue weighted by atomic mass is 32.1. The van der Waals surface area contributed by atoms with Crippen LogP contribution in [-0.2, 0) is 6.61 Å². The number of aliphatic hydroxyl groups is 1. The van der Waals surface area contributed by atoms with Gasteiger partial charge in [-0.3, -0.25) is 0 Å². The van der Waals surface area contributed by atoms with Crippen molar-refractivity contribution in [3.8, 4) is 0 Å². The number of anilines is 2. The number of hydrogen-bond donors (Lipinski definition) is 1. The second-order valence-corrected chi connectivity index (χ2v) is 4.81. The van der Waals surface area contributed by atoms with Gasteiger partial charge in [0.25, 0.3) is 0 Å². The molecule has 0 saturated carbocycles. The van der Waals surface area contributed by atoms with E-state index in [1.54, 1.807) is 11.3 Å². The van der Waals surface area contributed by atoms with Crippen LogP contribution in [0.5, 0.6) is 0 Å². The van der Waals surface area contributed by atoms with Crippen molar-refractivity contribution in [2.75, 3.05) is 11.4 Å². The number of nitrogens with zero attached hydrogens (tertiary/aromatic N) is 2. The van der Waals surface area contributed by atoms with E-state index in [4.69, 9.17) is 0 Å². The molecular weight excluding hydrogens is 232 g/mol. The van der Waals surface area contributed by atoms with Crippen LogP contribution in [0.1, 0.15) is 17.5 Å². The molecule has 2 aromatic rings. The van der Waals surface area contributed by atoms with Gasteiger partial charge >= 0.3 is 0 Å². The van der Waals surface area contributed by atoms with Gasteiger partial charge < -0.3 is 10.0 Å². The molecule has 2 rings (SSSR count). The predicted octanol–water partition coefficient (Wildman–Crippen LogP) is 3.10. The lowest BCUT2D eigenvalue weighted by Crippen LogP contribution is -2.15. The van der Waals surface area contributed by atoms with Crippen LogP contribution in [-0.4, -0.2) is 16.6 Å². The summed E-state index contributed by atoms with van der Waals surface area (Å²) in [7, 11) is 0. The van der Waals surface area contributed by atoms with Crippen molar-refractivity contribution in [3.05, 3.63) is 40.9 Å². The molecule has 17 heavy (non-hydrogen) atoms. The zero-order chi connectivity index (χ0) is 12.3. The summed E-state index contributed by atoms with van der Waals surface area (Å²) in [6.45, 7) is 4.96. The monoisotopic (exact) mass is 248 g/mol. The number of aryl methyl sites for hydroxylation is 1. The maximum absolute atomic E-state index is 9.21. The van der Waals surface area contributed by atoms with E-state index in [1.165, 1.54) is 0 Å². The smallest absolute Gasteiger partial charge is 0.190 e. The Morgan fingerprint density at radius 1 is 1.29 bits per heavy atom. The molecule has 1 aromatic carbocycles. The van der Waals surface area contributed by atoms with Crippen LogP contribution < -0.4 is 4.90 Å². The van der Waals surface area contributed by atoms with Crippen LogP contribution in [0.2, 0.25) is 0 Å². The minimum absolute atomic E-state index is 0.0653. The Kier molecular flexibility index (Phi) is 3.76. The highest BCUT2D eigenvalue weighted by molar-refractivity contribution is 7.15. The van der Waals surface area contributed by atoms with Crippen LogP contribution in [0.15, 0.2) is 30.3 Å². The van der Waals surface area contributed by atoms with Crippen molar-refractivity contribution < 1.29 is 5.11 Å². The molecule has 0 aliphatic heterocycles. The third-order valence-electron chi connectivity index (χ3n) is 2.64. The second-order valence-electron chi connectivity index (χ2n) is 3.74. The van der Waals surface area contributed by atoms with E-state index in [0.29, 0.717) is 0 Å². The third-order valence-corrected chi connectivity index (χ3v) is 3.81. The average Bonchev–Trinajstić information content (AvgIpc) is 2.73. The first kappa shape index (κ1) is 12.1. The van der Waals surface area contributed by atoms with Gasteiger partial charge in [-0.1, -0.05) is 29.5 Å². The van der Waals surface area contributed by atoms with E-state index >= 15 is 0 Å². The van der Waals surface area contributed by atoms with E-state index < -0.39 is 0 Å². The quantitative estimate of drug-likeness (QED) is 0.903. The minimum Gasteiger partial charge on any atom is -0.391 e. The Bertz CT molecular complexity index is 481. The van der Waals surface area contributed by atoms with Gasteiger partial charge in [-0.15, -0.1) is 0 Å². The van der Waals surface area contributed by atoms with Gasteiger partial charge in [-0.2, -0.15) is 0 Å². The highest BCUT2D eigenvalue weighted by Gasteiger charge is 2.13. The lowest BCUT2D eigenvalue weighted by atomic mass is 10.3. The first-order chi connectivity index (χ1) is 8.26. The van der Waals surface area contributed by atoms with Gasteiger partial charge in [0.2, 0.25) is 0 Å². The van der Waals surface area contributed by atoms with Crippen LogP contribution in [0.3, 0.4) is 0 Å². The molecule has 1 N–H and O–H groups in total. The molecule has 0 atom stereocenters. The van der Waals surface area contributed by atoms with E-state index in [9.17, 15) is 5.11 Å². The minimum atomic E-state index is 0.0653. The molecular formula is C13H16N2OS.